The lowest BCUT2D eigenvalue weighted by Crippen LogP contribution is -2.36. The number of likely N-dealkylation sites (tertiary alicyclic amines) is 1. The van der Waals surface area contributed by atoms with Crippen molar-refractivity contribution in [1.29, 1.82) is 0 Å². The van der Waals surface area contributed by atoms with Gasteiger partial charge < -0.3 is 15.4 Å². The van der Waals surface area contributed by atoms with E-state index >= 15 is 0 Å². The van der Waals surface area contributed by atoms with Gasteiger partial charge in [0.05, 0.1) is 7.11 Å². The number of nitrogens with zero attached hydrogens (tertiary/aromatic N) is 2. The van der Waals surface area contributed by atoms with E-state index in [1.165, 1.54) is 43.5 Å². The molecule has 6 heteroatoms. The summed E-state index contributed by atoms with van der Waals surface area (Å²) >= 11 is 0. The van der Waals surface area contributed by atoms with E-state index in [-0.39, 0.29) is 24.0 Å². The first-order chi connectivity index (χ1) is 13.8. The van der Waals surface area contributed by atoms with Gasteiger partial charge in [-0.1, -0.05) is 48.9 Å². The van der Waals surface area contributed by atoms with Crippen molar-refractivity contribution in [2.75, 3.05) is 27.2 Å². The molecule has 0 aliphatic carbocycles. The first-order valence-electron chi connectivity index (χ1n) is 10.1. The van der Waals surface area contributed by atoms with Crippen molar-refractivity contribution in [3.63, 3.8) is 0 Å². The molecule has 1 fully saturated rings. The van der Waals surface area contributed by atoms with Gasteiger partial charge in [-0.15, -0.1) is 24.0 Å². The normalized spacial score (nSPS) is 14.8. The zero-order chi connectivity index (χ0) is 19.6. The second kappa shape index (κ2) is 12.7. The van der Waals surface area contributed by atoms with Crippen LogP contribution in [0.2, 0.25) is 0 Å². The molecule has 0 atom stereocenters. The summed E-state index contributed by atoms with van der Waals surface area (Å²) in [7, 11) is 3.49. The third kappa shape index (κ3) is 7.51. The second-order valence-corrected chi connectivity index (χ2v) is 7.24. The highest BCUT2D eigenvalue weighted by Gasteiger charge is 2.10. The number of methoxy groups -OCH3 is 1. The van der Waals surface area contributed by atoms with Gasteiger partial charge in [0, 0.05) is 32.2 Å². The van der Waals surface area contributed by atoms with Gasteiger partial charge in [-0.2, -0.15) is 0 Å². The predicted octanol–water partition coefficient (Wildman–Crippen LogP) is 4.16. The lowest BCUT2D eigenvalue weighted by Gasteiger charge is -2.26. The number of para-hydroxylation sites is 1. The van der Waals surface area contributed by atoms with E-state index in [0.29, 0.717) is 6.54 Å². The maximum absolute atomic E-state index is 5.40. The number of halogens is 1. The van der Waals surface area contributed by atoms with Gasteiger partial charge in [0.15, 0.2) is 5.96 Å². The van der Waals surface area contributed by atoms with E-state index in [0.717, 1.165) is 30.4 Å². The Morgan fingerprint density at radius 1 is 0.931 bits per heavy atom. The summed E-state index contributed by atoms with van der Waals surface area (Å²) in [5.41, 5.74) is 3.75. The number of guanidine groups is 1. The van der Waals surface area contributed by atoms with Gasteiger partial charge in [0.25, 0.3) is 0 Å². The summed E-state index contributed by atoms with van der Waals surface area (Å²) in [5.74, 6) is 1.66. The number of hydrogen-bond donors (Lipinski definition) is 2. The summed E-state index contributed by atoms with van der Waals surface area (Å²) in [6.45, 7) is 4.94. The molecule has 1 saturated heterocycles. The Balaban J connectivity index is 0.00000300. The van der Waals surface area contributed by atoms with E-state index in [4.69, 9.17) is 4.74 Å². The SMILES string of the molecule is CN=C(NCc1ccc(CN2CCCCC2)cc1)NCc1ccccc1OC.I. The molecule has 0 unspecified atom stereocenters. The molecule has 0 spiro atoms. The highest BCUT2D eigenvalue weighted by Crippen LogP contribution is 2.16. The molecular formula is C23H33IN4O. The molecule has 1 heterocycles. The van der Waals surface area contributed by atoms with Gasteiger partial charge in [0.1, 0.15) is 5.75 Å². The maximum Gasteiger partial charge on any atom is 0.191 e. The van der Waals surface area contributed by atoms with Gasteiger partial charge >= 0.3 is 0 Å². The average Bonchev–Trinajstić information content (AvgIpc) is 2.76. The standard InChI is InChI=1S/C23H32N4O.HI/c1-24-23(26-17-21-8-4-5-9-22(21)28-2)25-16-19-10-12-20(13-11-19)18-27-14-6-3-7-15-27;/h4-5,8-13H,3,6-7,14-18H2,1-2H3,(H2,24,25,26);1H. The Labute approximate surface area is 192 Å². The number of hydrogen-bond acceptors (Lipinski definition) is 3. The smallest absolute Gasteiger partial charge is 0.191 e. The fraction of sp³-hybridized carbons (Fsp3) is 0.435. The molecule has 29 heavy (non-hydrogen) atoms. The molecule has 3 rings (SSSR count). The molecular weight excluding hydrogens is 475 g/mol. The molecule has 2 aromatic rings. The van der Waals surface area contributed by atoms with Gasteiger partial charge in [-0.3, -0.25) is 9.89 Å². The minimum absolute atomic E-state index is 0. The third-order valence-corrected chi connectivity index (χ3v) is 5.20. The maximum atomic E-state index is 5.40. The molecule has 2 aromatic carbocycles. The Hall–Kier alpha value is -1.80. The Morgan fingerprint density at radius 3 is 2.28 bits per heavy atom. The molecule has 0 radical (unpaired) electrons. The van der Waals surface area contributed by atoms with Crippen LogP contribution < -0.4 is 15.4 Å². The zero-order valence-electron chi connectivity index (χ0n) is 17.5. The highest BCUT2D eigenvalue weighted by atomic mass is 127. The second-order valence-electron chi connectivity index (χ2n) is 7.24. The topological polar surface area (TPSA) is 48.9 Å². The van der Waals surface area contributed by atoms with Gasteiger partial charge in [0.2, 0.25) is 0 Å². The Bertz CT molecular complexity index is 758. The van der Waals surface area contributed by atoms with E-state index < -0.39 is 0 Å². The van der Waals surface area contributed by atoms with Gasteiger partial charge in [-0.25, -0.2) is 0 Å². The summed E-state index contributed by atoms with van der Waals surface area (Å²) in [5, 5.41) is 6.73. The number of aliphatic imine (C=N–C) groups is 1. The molecule has 0 saturated carbocycles. The highest BCUT2D eigenvalue weighted by molar-refractivity contribution is 14.0. The van der Waals surface area contributed by atoms with Crippen LogP contribution in [0.15, 0.2) is 53.5 Å². The van der Waals surface area contributed by atoms with Crippen LogP contribution in [0, 0.1) is 0 Å². The lowest BCUT2D eigenvalue weighted by atomic mass is 10.1. The minimum atomic E-state index is 0. The fourth-order valence-electron chi connectivity index (χ4n) is 3.57. The van der Waals surface area contributed by atoms with Crippen molar-refractivity contribution in [3.8, 4) is 5.75 Å². The monoisotopic (exact) mass is 508 g/mol. The zero-order valence-corrected chi connectivity index (χ0v) is 19.8. The molecule has 1 aliphatic rings. The predicted molar refractivity (Wildman–Crippen MR) is 131 cm³/mol. The first kappa shape index (κ1) is 23.5. The van der Waals surface area contributed by atoms with E-state index in [1.807, 2.05) is 18.2 Å². The molecule has 158 valence electrons. The molecule has 0 amide bonds. The number of ether oxygens (including phenoxy) is 1. The number of nitrogens with one attached hydrogen (secondary N) is 2. The van der Waals surface area contributed by atoms with Crippen LogP contribution in [0.5, 0.6) is 5.75 Å². The number of benzene rings is 2. The van der Waals surface area contributed by atoms with Crippen molar-refractivity contribution in [1.82, 2.24) is 15.5 Å². The summed E-state index contributed by atoms with van der Waals surface area (Å²) in [6, 6.07) is 16.9. The molecule has 2 N–H and O–H groups in total. The molecule has 5 nitrogen and oxygen atoms in total. The summed E-state index contributed by atoms with van der Waals surface area (Å²) in [6.07, 6.45) is 4.06. The van der Waals surface area contributed by atoms with Crippen LogP contribution in [0.3, 0.4) is 0 Å². The largest absolute Gasteiger partial charge is 0.496 e. The minimum Gasteiger partial charge on any atom is -0.496 e. The van der Waals surface area contributed by atoms with Crippen LogP contribution in [-0.4, -0.2) is 38.1 Å². The van der Waals surface area contributed by atoms with Crippen LogP contribution >= 0.6 is 24.0 Å². The molecule has 1 aliphatic heterocycles. The first-order valence-corrected chi connectivity index (χ1v) is 10.1. The van der Waals surface area contributed by atoms with E-state index in [2.05, 4.69) is 50.9 Å². The number of piperidine rings is 1. The average molecular weight is 508 g/mol. The quantitative estimate of drug-likeness (QED) is 0.335. The molecule has 0 aromatic heterocycles. The summed E-state index contributed by atoms with van der Waals surface area (Å²) < 4.78 is 5.40. The molecule has 0 bridgehead atoms. The fourth-order valence-corrected chi connectivity index (χ4v) is 3.57. The van der Waals surface area contributed by atoms with Gasteiger partial charge in [-0.05, 0) is 43.1 Å². The van der Waals surface area contributed by atoms with Crippen molar-refractivity contribution in [2.45, 2.75) is 38.9 Å². The van der Waals surface area contributed by atoms with Crippen LogP contribution in [0.25, 0.3) is 0 Å². The van der Waals surface area contributed by atoms with Crippen molar-refractivity contribution in [3.05, 3.63) is 65.2 Å². The van der Waals surface area contributed by atoms with Crippen molar-refractivity contribution in [2.24, 2.45) is 4.99 Å². The van der Waals surface area contributed by atoms with Crippen molar-refractivity contribution < 1.29 is 4.74 Å². The third-order valence-electron chi connectivity index (χ3n) is 5.20. The summed E-state index contributed by atoms with van der Waals surface area (Å²) in [4.78, 5) is 6.87. The Morgan fingerprint density at radius 2 is 1.59 bits per heavy atom. The van der Waals surface area contributed by atoms with E-state index in [9.17, 15) is 0 Å². The van der Waals surface area contributed by atoms with Crippen LogP contribution in [0.1, 0.15) is 36.0 Å². The van der Waals surface area contributed by atoms with Crippen molar-refractivity contribution >= 4 is 29.9 Å². The lowest BCUT2D eigenvalue weighted by molar-refractivity contribution is 0.221. The number of rotatable bonds is 7. The Kier molecular flexibility index (Phi) is 10.3. The van der Waals surface area contributed by atoms with Crippen LogP contribution in [-0.2, 0) is 19.6 Å². The van der Waals surface area contributed by atoms with E-state index in [1.54, 1.807) is 14.2 Å². The van der Waals surface area contributed by atoms with Crippen LogP contribution in [0.4, 0.5) is 0 Å².